The van der Waals surface area contributed by atoms with Crippen molar-refractivity contribution in [2.24, 2.45) is 23.2 Å². The first-order valence-electron chi connectivity index (χ1n) is 17.4. The van der Waals surface area contributed by atoms with Gasteiger partial charge in [-0.15, -0.1) is 0 Å². The molecule has 0 unspecified atom stereocenters. The molecule has 1 aromatic heterocycles. The second kappa shape index (κ2) is 12.8. The number of carbonyl (C=O) groups excluding carboxylic acids is 1. The van der Waals surface area contributed by atoms with Crippen molar-refractivity contribution in [3.63, 3.8) is 0 Å². The predicted octanol–water partition coefficient (Wildman–Crippen LogP) is 7.32. The molecule has 238 valence electrons. The van der Waals surface area contributed by atoms with Gasteiger partial charge in [-0.2, -0.15) is 0 Å². The van der Waals surface area contributed by atoms with E-state index in [1.165, 1.54) is 60.9 Å². The molecule has 2 aromatic carbocycles. The molecule has 5 fully saturated rings. The highest BCUT2D eigenvalue weighted by molar-refractivity contribution is 5.94. The Hall–Kier alpha value is -3.38. The number of hydrogen-bond donors (Lipinski definition) is 0. The van der Waals surface area contributed by atoms with Gasteiger partial charge in [0.25, 0.3) is 5.91 Å². The van der Waals surface area contributed by atoms with Gasteiger partial charge in [0.1, 0.15) is 5.75 Å². The molecule has 1 amide bonds. The predicted molar refractivity (Wildman–Crippen MR) is 182 cm³/mol. The Labute approximate surface area is 269 Å². The minimum Gasteiger partial charge on any atom is -0.492 e. The molecular weight excluding hydrogens is 556 g/mol. The molecule has 0 spiro atoms. The molecule has 2 heterocycles. The Morgan fingerprint density at radius 3 is 2.20 bits per heavy atom. The van der Waals surface area contributed by atoms with Crippen LogP contribution < -0.4 is 9.64 Å². The standard InChI is InChI=1S/C39H50N4O2/c1-4-31-19-33(35-20-37(45-5-2)25-40-24-35)6-7-34(31)26-42-12-14-43(15-13-42)36-10-8-32(9-11-36)38(44)41(3)27-39-21-28-16-29(22-39)18-30(17-28)23-39/h6-11,19-20,24-25,28-30H,4-5,12-18,21-23,26-27H2,1-3H3. The third-order valence-corrected chi connectivity index (χ3v) is 11.3. The minimum atomic E-state index is 0.179. The van der Waals surface area contributed by atoms with Gasteiger partial charge >= 0.3 is 0 Å². The van der Waals surface area contributed by atoms with Gasteiger partial charge in [-0.3, -0.25) is 14.7 Å². The third kappa shape index (κ3) is 6.49. The number of pyridine rings is 1. The Morgan fingerprint density at radius 2 is 1.56 bits per heavy atom. The summed E-state index contributed by atoms with van der Waals surface area (Å²) in [4.78, 5) is 24.9. The molecule has 6 nitrogen and oxygen atoms in total. The Balaban J connectivity index is 0.929. The van der Waals surface area contributed by atoms with Crippen molar-refractivity contribution in [1.29, 1.82) is 0 Å². The fourth-order valence-electron chi connectivity index (χ4n) is 9.61. The van der Waals surface area contributed by atoms with E-state index in [-0.39, 0.29) is 5.91 Å². The summed E-state index contributed by atoms with van der Waals surface area (Å²) in [5.74, 6) is 3.75. The fraction of sp³-hybridized carbons (Fsp3) is 0.538. The molecule has 45 heavy (non-hydrogen) atoms. The molecule has 0 radical (unpaired) electrons. The maximum absolute atomic E-state index is 13.5. The van der Waals surface area contributed by atoms with Gasteiger partial charge in [0.2, 0.25) is 0 Å². The van der Waals surface area contributed by atoms with Crippen molar-refractivity contribution in [1.82, 2.24) is 14.8 Å². The summed E-state index contributed by atoms with van der Waals surface area (Å²) in [6, 6.07) is 17.3. The number of benzene rings is 2. The largest absolute Gasteiger partial charge is 0.492 e. The highest BCUT2D eigenvalue weighted by Gasteiger charge is 2.51. The molecule has 6 heteroatoms. The minimum absolute atomic E-state index is 0.179. The van der Waals surface area contributed by atoms with Crippen LogP contribution in [0.5, 0.6) is 5.75 Å². The van der Waals surface area contributed by atoms with Gasteiger partial charge in [0.05, 0.1) is 12.8 Å². The SMILES string of the molecule is CCOc1cncc(-c2ccc(CN3CCN(c4ccc(C(=O)N(C)CC56CC7CC(CC(C7)C5)C6)cc4)CC3)c(CC)c2)c1. The van der Waals surface area contributed by atoms with Gasteiger partial charge in [0, 0.05) is 69.3 Å². The van der Waals surface area contributed by atoms with E-state index in [1.54, 1.807) is 6.20 Å². The van der Waals surface area contributed by atoms with Gasteiger partial charge in [-0.05, 0) is 122 Å². The number of hydrogen-bond acceptors (Lipinski definition) is 5. The number of anilines is 1. The summed E-state index contributed by atoms with van der Waals surface area (Å²) in [6.45, 7) is 10.8. The molecule has 5 aliphatic rings. The lowest BCUT2D eigenvalue weighted by Crippen LogP contribution is -2.51. The summed E-state index contributed by atoms with van der Waals surface area (Å²) in [5, 5.41) is 0. The number of nitrogens with zero attached hydrogens (tertiary/aromatic N) is 4. The van der Waals surface area contributed by atoms with Crippen LogP contribution in [0.3, 0.4) is 0 Å². The van der Waals surface area contributed by atoms with Gasteiger partial charge in [-0.1, -0.05) is 25.1 Å². The van der Waals surface area contributed by atoms with Crippen LogP contribution in [-0.4, -0.2) is 67.1 Å². The van der Waals surface area contributed by atoms with E-state index in [0.717, 1.165) is 80.3 Å². The molecule has 1 aliphatic heterocycles. The van der Waals surface area contributed by atoms with Crippen molar-refractivity contribution in [2.75, 3.05) is 51.3 Å². The molecule has 4 saturated carbocycles. The first kappa shape index (κ1) is 30.3. The second-order valence-electron chi connectivity index (χ2n) is 14.6. The van der Waals surface area contributed by atoms with Crippen LogP contribution in [0.25, 0.3) is 11.1 Å². The average Bonchev–Trinajstić information content (AvgIpc) is 3.04. The van der Waals surface area contributed by atoms with E-state index in [4.69, 9.17) is 4.74 Å². The van der Waals surface area contributed by atoms with Crippen LogP contribution in [0, 0.1) is 23.2 Å². The Bertz CT molecular complexity index is 1460. The van der Waals surface area contributed by atoms with Crippen LogP contribution in [0.1, 0.15) is 73.9 Å². The van der Waals surface area contributed by atoms with Crippen LogP contribution in [0.2, 0.25) is 0 Å². The zero-order valence-corrected chi connectivity index (χ0v) is 27.5. The number of ether oxygens (including phenoxy) is 1. The van der Waals surface area contributed by atoms with Crippen molar-refractivity contribution in [2.45, 2.75) is 65.3 Å². The maximum Gasteiger partial charge on any atom is 0.253 e. The number of aromatic nitrogens is 1. The Kier molecular flexibility index (Phi) is 8.60. The van der Waals surface area contributed by atoms with Crippen LogP contribution in [0.15, 0.2) is 60.9 Å². The highest BCUT2D eigenvalue weighted by Crippen LogP contribution is 2.60. The molecule has 0 atom stereocenters. The van der Waals surface area contributed by atoms with E-state index in [2.05, 4.69) is 70.2 Å². The summed E-state index contributed by atoms with van der Waals surface area (Å²) >= 11 is 0. The number of aryl methyl sites for hydroxylation is 1. The lowest BCUT2D eigenvalue weighted by molar-refractivity contribution is -0.0629. The van der Waals surface area contributed by atoms with Gasteiger partial charge in [0.15, 0.2) is 0 Å². The van der Waals surface area contributed by atoms with E-state index >= 15 is 0 Å². The monoisotopic (exact) mass is 606 g/mol. The van der Waals surface area contributed by atoms with E-state index in [1.807, 2.05) is 25.1 Å². The van der Waals surface area contributed by atoms with Gasteiger partial charge < -0.3 is 14.5 Å². The summed E-state index contributed by atoms with van der Waals surface area (Å²) in [7, 11) is 2.03. The average molecular weight is 607 g/mol. The number of carbonyl (C=O) groups is 1. The first-order chi connectivity index (χ1) is 21.9. The number of amides is 1. The first-order valence-corrected chi connectivity index (χ1v) is 17.4. The maximum atomic E-state index is 13.5. The Morgan fingerprint density at radius 1 is 0.867 bits per heavy atom. The van der Waals surface area contributed by atoms with Crippen molar-refractivity contribution < 1.29 is 9.53 Å². The molecule has 3 aromatic rings. The summed E-state index contributed by atoms with van der Waals surface area (Å²) in [6.07, 6.45) is 13.1. The third-order valence-electron chi connectivity index (χ3n) is 11.3. The lowest BCUT2D eigenvalue weighted by Gasteiger charge is -2.57. The molecule has 4 aliphatic carbocycles. The van der Waals surface area contributed by atoms with Crippen LogP contribution in [0.4, 0.5) is 5.69 Å². The van der Waals surface area contributed by atoms with E-state index in [0.29, 0.717) is 12.0 Å². The number of piperazine rings is 1. The smallest absolute Gasteiger partial charge is 0.253 e. The zero-order chi connectivity index (χ0) is 31.0. The quantitative estimate of drug-likeness (QED) is 0.242. The zero-order valence-electron chi connectivity index (χ0n) is 27.5. The fourth-order valence-corrected chi connectivity index (χ4v) is 9.61. The molecule has 0 N–H and O–H groups in total. The highest BCUT2D eigenvalue weighted by atomic mass is 16.5. The normalized spacial score (nSPS) is 25.8. The molecule has 8 rings (SSSR count). The van der Waals surface area contributed by atoms with E-state index in [9.17, 15) is 4.79 Å². The summed E-state index contributed by atoms with van der Waals surface area (Å²) in [5.41, 5.74) is 7.51. The van der Waals surface area contributed by atoms with Gasteiger partial charge in [-0.25, -0.2) is 0 Å². The second-order valence-corrected chi connectivity index (χ2v) is 14.6. The van der Waals surface area contributed by atoms with Crippen LogP contribution in [-0.2, 0) is 13.0 Å². The molecule has 4 bridgehead atoms. The lowest BCUT2D eigenvalue weighted by atomic mass is 9.49. The topological polar surface area (TPSA) is 48.9 Å². The van der Waals surface area contributed by atoms with Crippen LogP contribution >= 0.6 is 0 Å². The number of rotatable bonds is 10. The van der Waals surface area contributed by atoms with Crippen molar-refractivity contribution in [3.05, 3.63) is 77.6 Å². The summed E-state index contributed by atoms with van der Waals surface area (Å²) < 4.78 is 5.67. The van der Waals surface area contributed by atoms with Crippen molar-refractivity contribution >= 4 is 11.6 Å². The molecular formula is C39H50N4O2. The molecule has 1 saturated heterocycles. The van der Waals surface area contributed by atoms with E-state index < -0.39 is 0 Å². The van der Waals surface area contributed by atoms with Crippen molar-refractivity contribution in [3.8, 4) is 16.9 Å².